The first-order chi connectivity index (χ1) is 30.5. The maximum Gasteiger partial charge on any atom is 0.347 e. The fourth-order valence-electron chi connectivity index (χ4n) is 8.16. The molecule has 11 nitrogen and oxygen atoms in total. The fourth-order valence-corrected chi connectivity index (χ4v) is 8.16. The zero-order chi connectivity index (χ0) is 46.6. The Morgan fingerprint density at radius 1 is 0.484 bits per heavy atom. The molecule has 0 aliphatic heterocycles. The molecule has 6 rings (SSSR count). The molecule has 0 unspecified atom stereocenters. The van der Waals surface area contributed by atoms with Crippen LogP contribution < -0.4 is 24.3 Å². The molecule has 6 aromatic rings. The van der Waals surface area contributed by atoms with E-state index in [1.165, 1.54) is 21.1 Å². The van der Waals surface area contributed by atoms with E-state index >= 15 is 0 Å². The Bertz CT molecular complexity index is 2690. The van der Waals surface area contributed by atoms with E-state index in [4.69, 9.17) is 23.7 Å². The molecule has 332 valence electrons. The van der Waals surface area contributed by atoms with E-state index < -0.39 is 29.8 Å². The highest BCUT2D eigenvalue weighted by Gasteiger charge is 2.33. The second-order valence-corrected chi connectivity index (χ2v) is 15.9. The van der Waals surface area contributed by atoms with Gasteiger partial charge >= 0.3 is 17.9 Å². The van der Waals surface area contributed by atoms with Gasteiger partial charge in [-0.05, 0) is 107 Å². The van der Waals surface area contributed by atoms with E-state index in [9.17, 15) is 24.6 Å². The number of methoxy groups -OCH3 is 2. The normalized spacial score (nSPS) is 11.6. The first kappa shape index (κ1) is 46.4. The van der Waals surface area contributed by atoms with E-state index in [0.29, 0.717) is 44.5 Å². The molecule has 0 aliphatic carbocycles. The number of carbonyl (C=O) groups is 3. The number of phenols is 2. The number of hydrogen-bond donors (Lipinski definition) is 3. The van der Waals surface area contributed by atoms with E-state index in [1.54, 1.807) is 48.5 Å². The minimum absolute atomic E-state index is 0.0732. The zero-order valence-electron chi connectivity index (χ0n) is 38.2. The minimum Gasteiger partial charge on any atom is -0.507 e. The minimum atomic E-state index is -0.857. The van der Waals surface area contributed by atoms with E-state index in [0.717, 1.165) is 16.7 Å². The van der Waals surface area contributed by atoms with Crippen LogP contribution in [0.5, 0.6) is 34.5 Å². The molecule has 0 aromatic heterocycles. The van der Waals surface area contributed by atoms with Crippen molar-refractivity contribution in [2.24, 2.45) is 0 Å². The second kappa shape index (κ2) is 19.5. The Labute approximate surface area is 374 Å². The molecule has 0 amide bonds. The van der Waals surface area contributed by atoms with Gasteiger partial charge in [-0.25, -0.2) is 14.4 Å². The molecule has 0 radical (unpaired) electrons. The number of ether oxygens (including phenoxy) is 5. The van der Waals surface area contributed by atoms with Gasteiger partial charge in [-0.15, -0.1) is 0 Å². The lowest BCUT2D eigenvalue weighted by Gasteiger charge is -2.24. The lowest BCUT2D eigenvalue weighted by molar-refractivity contribution is 0.0373. The molecule has 0 saturated heterocycles. The molecule has 1 atom stereocenters. The SMILES string of the molecule is COc1c(C)c(OC(=O)c2c(C)c(CN[C@H](C)c3ccccc3)c(O)c(C)c2O)c(C)c(C)c1C(=O)Oc1c(C)c(C)c(C(=O)OC(c2ccccc2)c2ccccc2)c(OC)c1C. The van der Waals surface area contributed by atoms with Crippen LogP contribution in [0, 0.1) is 55.4 Å². The van der Waals surface area contributed by atoms with Crippen LogP contribution in [-0.2, 0) is 11.3 Å². The predicted octanol–water partition coefficient (Wildman–Crippen LogP) is 10.8. The van der Waals surface area contributed by atoms with E-state index in [1.807, 2.05) is 97.9 Å². The second-order valence-electron chi connectivity index (χ2n) is 15.9. The fraction of sp³-hybridized carbons (Fsp3) is 0.264. The zero-order valence-corrected chi connectivity index (χ0v) is 38.2. The summed E-state index contributed by atoms with van der Waals surface area (Å²) in [6.45, 7) is 15.6. The molecule has 11 heteroatoms. The number of hydrogen-bond acceptors (Lipinski definition) is 11. The van der Waals surface area contributed by atoms with Gasteiger partial charge in [0.2, 0.25) is 0 Å². The Kier molecular flexibility index (Phi) is 14.1. The maximum absolute atomic E-state index is 14.4. The van der Waals surface area contributed by atoms with Crippen LogP contribution in [0.1, 0.15) is 117 Å². The van der Waals surface area contributed by atoms with Gasteiger partial charge in [0.1, 0.15) is 51.2 Å². The smallest absolute Gasteiger partial charge is 0.347 e. The lowest BCUT2D eigenvalue weighted by atomic mass is 9.94. The molecular formula is C53H55NO10. The number of nitrogens with one attached hydrogen (secondary N) is 1. The van der Waals surface area contributed by atoms with Gasteiger partial charge in [0, 0.05) is 34.8 Å². The van der Waals surface area contributed by atoms with Crippen LogP contribution in [0.15, 0.2) is 91.0 Å². The summed E-state index contributed by atoms with van der Waals surface area (Å²) >= 11 is 0. The molecule has 0 saturated carbocycles. The number of benzene rings is 6. The summed E-state index contributed by atoms with van der Waals surface area (Å²) in [6.07, 6.45) is -0.699. The average Bonchev–Trinajstić information content (AvgIpc) is 3.30. The molecule has 0 fully saturated rings. The number of carbonyl (C=O) groups excluding carboxylic acids is 3. The largest absolute Gasteiger partial charge is 0.507 e. The summed E-state index contributed by atoms with van der Waals surface area (Å²) in [5, 5.41) is 25.7. The third kappa shape index (κ3) is 8.89. The van der Waals surface area contributed by atoms with Crippen LogP contribution in [0.3, 0.4) is 0 Å². The van der Waals surface area contributed by atoms with Gasteiger partial charge in [0.25, 0.3) is 0 Å². The Hall–Kier alpha value is -7.11. The van der Waals surface area contributed by atoms with Crippen molar-refractivity contribution in [2.75, 3.05) is 14.2 Å². The summed E-state index contributed by atoms with van der Waals surface area (Å²) in [6, 6.07) is 28.7. The third-order valence-corrected chi connectivity index (χ3v) is 12.2. The van der Waals surface area contributed by atoms with Crippen molar-refractivity contribution in [3.05, 3.63) is 174 Å². The molecular weight excluding hydrogens is 811 g/mol. The van der Waals surface area contributed by atoms with Crippen molar-refractivity contribution in [1.82, 2.24) is 5.32 Å². The summed E-state index contributed by atoms with van der Waals surface area (Å²) < 4.78 is 30.1. The molecule has 6 aromatic carbocycles. The number of rotatable bonds is 14. The van der Waals surface area contributed by atoms with Crippen LogP contribution in [0.2, 0.25) is 0 Å². The van der Waals surface area contributed by atoms with Gasteiger partial charge in [-0.3, -0.25) is 0 Å². The summed E-state index contributed by atoms with van der Waals surface area (Å²) in [7, 11) is 2.84. The third-order valence-electron chi connectivity index (χ3n) is 12.2. The predicted molar refractivity (Wildman–Crippen MR) is 245 cm³/mol. The van der Waals surface area contributed by atoms with Crippen molar-refractivity contribution >= 4 is 17.9 Å². The molecule has 0 aliphatic rings. The van der Waals surface area contributed by atoms with Gasteiger partial charge < -0.3 is 39.2 Å². The monoisotopic (exact) mass is 865 g/mol. The standard InChI is InChI=1S/C53H55NO10/c1-28-30(3)46(62-51(57)41-32(5)40(44(55)33(6)45(41)56)27-54-36(9)37-21-15-12-16-22-37)34(7)48(60-10)42(28)52(58)63-47-31(4)29(2)43(49(61-11)35(47)8)53(59)64-50(38-23-17-13-18-24-38)39-25-19-14-20-26-39/h12-26,36,50,54-56H,27H2,1-11H3/t36-/m1/s1. The van der Waals surface area contributed by atoms with Crippen LogP contribution >= 0.6 is 0 Å². The Morgan fingerprint density at radius 2 is 0.891 bits per heavy atom. The van der Waals surface area contributed by atoms with Crippen molar-refractivity contribution in [1.29, 1.82) is 0 Å². The van der Waals surface area contributed by atoms with Crippen LogP contribution in [0.4, 0.5) is 0 Å². The molecule has 0 spiro atoms. The molecule has 0 heterocycles. The highest BCUT2D eigenvalue weighted by Crippen LogP contribution is 2.44. The van der Waals surface area contributed by atoms with Gasteiger partial charge in [0.05, 0.1) is 14.2 Å². The molecule has 64 heavy (non-hydrogen) atoms. The Balaban J connectivity index is 1.30. The van der Waals surface area contributed by atoms with Crippen LogP contribution in [0.25, 0.3) is 0 Å². The van der Waals surface area contributed by atoms with Crippen molar-refractivity contribution in [2.45, 2.75) is 81.0 Å². The van der Waals surface area contributed by atoms with Crippen molar-refractivity contribution in [3.8, 4) is 34.5 Å². The van der Waals surface area contributed by atoms with Gasteiger partial charge in [-0.2, -0.15) is 0 Å². The Morgan fingerprint density at radius 3 is 1.33 bits per heavy atom. The summed E-state index contributed by atoms with van der Waals surface area (Å²) in [4.78, 5) is 42.6. The number of phenolic OH excluding ortho intramolecular Hbond substituents is 2. The molecule has 0 bridgehead atoms. The summed E-state index contributed by atoms with van der Waals surface area (Å²) in [5.74, 6) is -2.10. The number of aromatic hydroxyl groups is 2. The van der Waals surface area contributed by atoms with Crippen molar-refractivity contribution < 1.29 is 48.3 Å². The quantitative estimate of drug-likeness (QED) is 0.0709. The van der Waals surface area contributed by atoms with Crippen molar-refractivity contribution in [3.63, 3.8) is 0 Å². The van der Waals surface area contributed by atoms with E-state index in [2.05, 4.69) is 5.32 Å². The van der Waals surface area contributed by atoms with E-state index in [-0.39, 0.29) is 63.6 Å². The van der Waals surface area contributed by atoms with Gasteiger partial charge in [0.15, 0.2) is 6.10 Å². The maximum atomic E-state index is 14.4. The number of esters is 3. The first-order valence-electron chi connectivity index (χ1n) is 21.0. The highest BCUT2D eigenvalue weighted by molar-refractivity contribution is 6.01. The molecule has 3 N–H and O–H groups in total. The van der Waals surface area contributed by atoms with Gasteiger partial charge in [-0.1, -0.05) is 91.0 Å². The average molecular weight is 866 g/mol. The lowest BCUT2D eigenvalue weighted by Crippen LogP contribution is -2.21. The topological polar surface area (TPSA) is 150 Å². The summed E-state index contributed by atoms with van der Waals surface area (Å²) in [5.41, 5.74) is 6.40. The van der Waals surface area contributed by atoms with Crippen LogP contribution in [-0.4, -0.2) is 42.3 Å². The first-order valence-corrected chi connectivity index (χ1v) is 21.0. The highest BCUT2D eigenvalue weighted by atomic mass is 16.6.